The first kappa shape index (κ1) is 22.0. The van der Waals surface area contributed by atoms with Crippen molar-refractivity contribution >= 4 is 40.4 Å². The van der Waals surface area contributed by atoms with E-state index in [0.717, 1.165) is 16.8 Å². The molecule has 0 aliphatic carbocycles. The van der Waals surface area contributed by atoms with E-state index in [1.807, 2.05) is 36.4 Å². The van der Waals surface area contributed by atoms with Crippen molar-refractivity contribution in [2.24, 2.45) is 0 Å². The fraction of sp³-hybridized carbons (Fsp3) is 0.174. The van der Waals surface area contributed by atoms with Gasteiger partial charge in [-0.3, -0.25) is 4.79 Å². The van der Waals surface area contributed by atoms with Gasteiger partial charge in [-0.15, -0.1) is 11.3 Å². The van der Waals surface area contributed by atoms with E-state index in [-0.39, 0.29) is 5.91 Å². The first-order valence-electron chi connectivity index (χ1n) is 9.47. The minimum absolute atomic E-state index is 0.224. The van der Waals surface area contributed by atoms with Gasteiger partial charge >= 0.3 is 0 Å². The number of hydrogen-bond donors (Lipinski definition) is 3. The normalized spacial score (nSPS) is 10.7. The van der Waals surface area contributed by atoms with E-state index < -0.39 is 0 Å². The van der Waals surface area contributed by atoms with Crippen molar-refractivity contribution in [3.05, 3.63) is 64.4 Å². The number of anilines is 3. The number of benzene rings is 2. The first-order chi connectivity index (χ1) is 15.0. The second-order valence-electron chi connectivity index (χ2n) is 6.57. The number of thiophene rings is 1. The van der Waals surface area contributed by atoms with Gasteiger partial charge in [0.1, 0.15) is 0 Å². The lowest BCUT2D eigenvalue weighted by atomic mass is 10.1. The molecule has 0 aliphatic heterocycles. The number of carbonyl (C=O) groups excluding carboxylic acids is 1. The molecule has 162 valence electrons. The summed E-state index contributed by atoms with van der Waals surface area (Å²) in [4.78, 5) is 12.0. The Morgan fingerprint density at radius 1 is 1.03 bits per heavy atom. The van der Waals surface area contributed by atoms with Crippen LogP contribution in [0.4, 0.5) is 17.1 Å². The van der Waals surface area contributed by atoms with E-state index in [1.165, 1.54) is 17.4 Å². The fourth-order valence-electron chi connectivity index (χ4n) is 2.89. The molecule has 31 heavy (non-hydrogen) atoms. The van der Waals surface area contributed by atoms with Crippen LogP contribution in [0.1, 0.15) is 11.1 Å². The molecule has 0 spiro atoms. The molecule has 3 aromatic rings. The molecule has 2 aromatic carbocycles. The van der Waals surface area contributed by atoms with Gasteiger partial charge in [0.2, 0.25) is 11.7 Å². The Balaban J connectivity index is 1.59. The summed E-state index contributed by atoms with van der Waals surface area (Å²) < 4.78 is 16.1. The molecular formula is C23H25N3O4S. The second kappa shape index (κ2) is 10.4. The molecule has 0 radical (unpaired) electrons. The molecule has 0 unspecified atom stereocenters. The van der Waals surface area contributed by atoms with Crippen molar-refractivity contribution in [2.75, 3.05) is 37.7 Å². The molecule has 0 bridgehead atoms. The van der Waals surface area contributed by atoms with Crippen molar-refractivity contribution in [1.29, 1.82) is 0 Å². The number of hydrogen-bond acceptors (Lipinski definition) is 7. The molecule has 1 amide bonds. The minimum atomic E-state index is -0.224. The number of nitrogens with one attached hydrogen (secondary N) is 2. The van der Waals surface area contributed by atoms with Gasteiger partial charge in [0.05, 0.1) is 32.7 Å². The van der Waals surface area contributed by atoms with Crippen LogP contribution >= 0.6 is 11.3 Å². The molecule has 7 nitrogen and oxygen atoms in total. The van der Waals surface area contributed by atoms with E-state index in [4.69, 9.17) is 19.9 Å². The molecule has 3 rings (SSSR count). The molecule has 8 heteroatoms. The van der Waals surface area contributed by atoms with Crippen LogP contribution in [0.5, 0.6) is 17.2 Å². The van der Waals surface area contributed by atoms with Gasteiger partial charge < -0.3 is 30.6 Å². The number of methoxy groups -OCH3 is 3. The van der Waals surface area contributed by atoms with E-state index in [0.29, 0.717) is 35.2 Å². The van der Waals surface area contributed by atoms with Crippen molar-refractivity contribution in [3.63, 3.8) is 0 Å². The quantitative estimate of drug-likeness (QED) is 0.421. The maximum Gasteiger partial charge on any atom is 0.248 e. The topological polar surface area (TPSA) is 94.8 Å². The van der Waals surface area contributed by atoms with E-state index in [1.54, 1.807) is 38.2 Å². The third kappa shape index (κ3) is 5.70. The van der Waals surface area contributed by atoms with E-state index >= 15 is 0 Å². The van der Waals surface area contributed by atoms with E-state index in [9.17, 15) is 4.79 Å². The van der Waals surface area contributed by atoms with Gasteiger partial charge in [0.15, 0.2) is 11.5 Å². The zero-order chi connectivity index (χ0) is 22.2. The molecule has 1 heterocycles. The fourth-order valence-corrected chi connectivity index (χ4v) is 3.56. The maximum absolute atomic E-state index is 12.0. The van der Waals surface area contributed by atoms with Crippen LogP contribution in [0.2, 0.25) is 0 Å². The molecule has 0 fully saturated rings. The van der Waals surface area contributed by atoms with Crippen molar-refractivity contribution in [2.45, 2.75) is 6.54 Å². The Labute approximate surface area is 185 Å². The third-order valence-electron chi connectivity index (χ3n) is 4.52. The smallest absolute Gasteiger partial charge is 0.248 e. The highest BCUT2D eigenvalue weighted by atomic mass is 32.1. The van der Waals surface area contributed by atoms with Crippen LogP contribution in [-0.2, 0) is 11.3 Å². The standard InChI is InChI=1S/C23H25N3O4S/c1-28-20-10-17(11-21(29-2)23(20)30-3)25-12-16-6-4-15(5-7-16)8-9-22(27)26-19-14-31-13-18(19)24/h4-11,13-14,25H,12,24H2,1-3H3,(H,26,27)/b9-8+. The zero-order valence-electron chi connectivity index (χ0n) is 17.6. The molecule has 0 atom stereocenters. The third-order valence-corrected chi connectivity index (χ3v) is 5.28. The predicted molar refractivity (Wildman–Crippen MR) is 126 cm³/mol. The lowest BCUT2D eigenvalue weighted by Gasteiger charge is -2.15. The Kier molecular flexibility index (Phi) is 7.40. The molecular weight excluding hydrogens is 414 g/mol. The SMILES string of the molecule is COc1cc(NCc2ccc(/C=C/C(=O)Nc3cscc3N)cc2)cc(OC)c1OC. The van der Waals surface area contributed by atoms with Crippen LogP contribution in [0.25, 0.3) is 6.08 Å². The summed E-state index contributed by atoms with van der Waals surface area (Å²) >= 11 is 1.44. The predicted octanol–water partition coefficient (Wildman–Crippen LogP) is 4.62. The van der Waals surface area contributed by atoms with Crippen LogP contribution in [0.15, 0.2) is 53.2 Å². The Morgan fingerprint density at radius 3 is 2.26 bits per heavy atom. The Hall–Kier alpha value is -3.65. The van der Waals surface area contributed by atoms with Gasteiger partial charge in [-0.1, -0.05) is 24.3 Å². The summed E-state index contributed by atoms with van der Waals surface area (Å²) in [5.41, 5.74) is 9.83. The summed E-state index contributed by atoms with van der Waals surface area (Å²) in [5, 5.41) is 9.69. The highest BCUT2D eigenvalue weighted by Crippen LogP contribution is 2.40. The van der Waals surface area contributed by atoms with Gasteiger partial charge in [0, 0.05) is 41.2 Å². The van der Waals surface area contributed by atoms with Gasteiger partial charge in [-0.2, -0.15) is 0 Å². The number of nitrogen functional groups attached to an aromatic ring is 1. The monoisotopic (exact) mass is 439 g/mol. The summed E-state index contributed by atoms with van der Waals surface area (Å²) in [6.45, 7) is 0.612. The average Bonchev–Trinajstić information content (AvgIpc) is 3.20. The summed E-state index contributed by atoms with van der Waals surface area (Å²) in [6.07, 6.45) is 3.24. The lowest BCUT2D eigenvalue weighted by Crippen LogP contribution is -2.08. The van der Waals surface area contributed by atoms with Gasteiger partial charge in [0.25, 0.3) is 0 Å². The highest BCUT2D eigenvalue weighted by molar-refractivity contribution is 7.09. The lowest BCUT2D eigenvalue weighted by molar-refractivity contribution is -0.111. The number of carbonyl (C=O) groups is 1. The van der Waals surface area contributed by atoms with Gasteiger partial charge in [-0.05, 0) is 17.2 Å². The number of nitrogens with two attached hydrogens (primary N) is 1. The van der Waals surface area contributed by atoms with Crippen LogP contribution in [0.3, 0.4) is 0 Å². The summed E-state index contributed by atoms with van der Waals surface area (Å²) in [6, 6.07) is 11.6. The Bertz CT molecular complexity index is 1040. The molecule has 1 aromatic heterocycles. The molecule has 0 saturated heterocycles. The zero-order valence-corrected chi connectivity index (χ0v) is 18.4. The van der Waals surface area contributed by atoms with Crippen LogP contribution < -0.4 is 30.6 Å². The largest absolute Gasteiger partial charge is 0.493 e. The molecule has 0 aliphatic rings. The highest BCUT2D eigenvalue weighted by Gasteiger charge is 2.13. The first-order valence-corrected chi connectivity index (χ1v) is 10.4. The van der Waals surface area contributed by atoms with Crippen molar-refractivity contribution < 1.29 is 19.0 Å². The number of rotatable bonds is 9. The maximum atomic E-state index is 12.0. The van der Waals surface area contributed by atoms with Crippen LogP contribution in [-0.4, -0.2) is 27.2 Å². The average molecular weight is 440 g/mol. The minimum Gasteiger partial charge on any atom is -0.493 e. The molecule has 4 N–H and O–H groups in total. The van der Waals surface area contributed by atoms with Gasteiger partial charge in [-0.25, -0.2) is 0 Å². The Morgan fingerprint density at radius 2 is 1.71 bits per heavy atom. The number of ether oxygens (including phenoxy) is 3. The second-order valence-corrected chi connectivity index (χ2v) is 7.32. The van der Waals surface area contributed by atoms with Crippen molar-refractivity contribution in [3.8, 4) is 17.2 Å². The van der Waals surface area contributed by atoms with Crippen LogP contribution in [0, 0.1) is 0 Å². The van der Waals surface area contributed by atoms with Crippen molar-refractivity contribution in [1.82, 2.24) is 0 Å². The molecule has 0 saturated carbocycles. The summed E-state index contributed by atoms with van der Waals surface area (Å²) in [5.74, 6) is 1.51. The van der Waals surface area contributed by atoms with E-state index in [2.05, 4.69) is 10.6 Å². The number of amides is 1. The summed E-state index contributed by atoms with van der Waals surface area (Å²) in [7, 11) is 4.75.